The van der Waals surface area contributed by atoms with Crippen molar-refractivity contribution in [2.24, 2.45) is 0 Å². The Morgan fingerprint density at radius 3 is 2.43 bits per heavy atom. The molecular formula is C21H16ClFN4O. The van der Waals surface area contributed by atoms with Gasteiger partial charge in [-0.15, -0.1) is 0 Å². The van der Waals surface area contributed by atoms with E-state index in [0.717, 1.165) is 5.56 Å². The van der Waals surface area contributed by atoms with Gasteiger partial charge in [0.2, 0.25) is 0 Å². The third-order valence-electron chi connectivity index (χ3n) is 4.09. The molecule has 0 aliphatic heterocycles. The van der Waals surface area contributed by atoms with E-state index in [-0.39, 0.29) is 23.5 Å². The molecule has 2 N–H and O–H groups in total. The topological polar surface area (TPSA) is 77.8 Å². The number of carbonyl (C=O) groups is 1. The highest BCUT2D eigenvalue weighted by Gasteiger charge is 2.10. The summed E-state index contributed by atoms with van der Waals surface area (Å²) in [6.07, 6.45) is 0. The van der Waals surface area contributed by atoms with Gasteiger partial charge in [-0.2, -0.15) is 5.26 Å². The normalized spacial score (nSPS) is 11.4. The van der Waals surface area contributed by atoms with Crippen LogP contribution in [0.5, 0.6) is 0 Å². The summed E-state index contributed by atoms with van der Waals surface area (Å²) in [4.78, 5) is 16.3. The molecule has 1 atom stereocenters. The Balaban J connectivity index is 1.65. The maximum atomic E-state index is 13.0. The Kier molecular flexibility index (Phi) is 5.87. The molecule has 1 amide bonds. The Bertz CT molecular complexity index is 1030. The van der Waals surface area contributed by atoms with Gasteiger partial charge >= 0.3 is 0 Å². The Hall–Kier alpha value is -3.43. The van der Waals surface area contributed by atoms with E-state index < -0.39 is 0 Å². The molecule has 2 aromatic carbocycles. The first-order chi connectivity index (χ1) is 13.5. The van der Waals surface area contributed by atoms with Gasteiger partial charge < -0.3 is 10.6 Å². The lowest BCUT2D eigenvalue weighted by Gasteiger charge is -2.16. The average molecular weight is 395 g/mol. The first-order valence-corrected chi connectivity index (χ1v) is 8.84. The standard InChI is InChI=1S/C21H16ClFN4O/c1-13(25-20-11-10-18(22)19(12-24)27-20)14-4-8-17(9-5-14)26-21(28)15-2-6-16(23)7-3-15/h2-11,13H,1H3,(H,25,27)(H,26,28). The van der Waals surface area contributed by atoms with E-state index in [4.69, 9.17) is 16.9 Å². The van der Waals surface area contributed by atoms with Crippen LogP contribution < -0.4 is 10.6 Å². The van der Waals surface area contributed by atoms with Crippen LogP contribution in [0.25, 0.3) is 0 Å². The minimum Gasteiger partial charge on any atom is -0.364 e. The largest absolute Gasteiger partial charge is 0.364 e. The van der Waals surface area contributed by atoms with E-state index >= 15 is 0 Å². The van der Waals surface area contributed by atoms with Gasteiger partial charge in [0.15, 0.2) is 5.69 Å². The molecule has 3 rings (SSSR count). The van der Waals surface area contributed by atoms with Crippen LogP contribution in [0.3, 0.4) is 0 Å². The molecule has 5 nitrogen and oxygen atoms in total. The molecule has 0 saturated heterocycles. The minimum atomic E-state index is -0.389. The number of hydrogen-bond acceptors (Lipinski definition) is 4. The average Bonchev–Trinajstić information content (AvgIpc) is 2.70. The van der Waals surface area contributed by atoms with Crippen molar-refractivity contribution >= 4 is 29.0 Å². The number of anilines is 2. The second-order valence-corrected chi connectivity index (χ2v) is 6.49. The minimum absolute atomic E-state index is 0.0814. The van der Waals surface area contributed by atoms with Crippen LogP contribution in [0.2, 0.25) is 5.02 Å². The molecule has 140 valence electrons. The predicted molar refractivity (Wildman–Crippen MR) is 107 cm³/mol. The van der Waals surface area contributed by atoms with Crippen LogP contribution in [0.4, 0.5) is 15.9 Å². The molecule has 0 aliphatic rings. The van der Waals surface area contributed by atoms with Crippen LogP contribution in [0.1, 0.15) is 34.6 Å². The third kappa shape index (κ3) is 4.64. The molecule has 0 bridgehead atoms. The van der Waals surface area contributed by atoms with Crippen LogP contribution in [0, 0.1) is 17.1 Å². The monoisotopic (exact) mass is 394 g/mol. The number of halogens is 2. The van der Waals surface area contributed by atoms with Crippen LogP contribution >= 0.6 is 11.6 Å². The van der Waals surface area contributed by atoms with Crippen molar-refractivity contribution in [2.75, 3.05) is 10.6 Å². The highest BCUT2D eigenvalue weighted by Crippen LogP contribution is 2.22. The fourth-order valence-electron chi connectivity index (χ4n) is 2.57. The third-order valence-corrected chi connectivity index (χ3v) is 4.40. The molecule has 0 spiro atoms. The van der Waals surface area contributed by atoms with Crippen LogP contribution in [-0.4, -0.2) is 10.9 Å². The lowest BCUT2D eigenvalue weighted by molar-refractivity contribution is 0.102. The molecule has 3 aromatic rings. The quantitative estimate of drug-likeness (QED) is 0.625. The van der Waals surface area contributed by atoms with Crippen LogP contribution in [-0.2, 0) is 0 Å². The van der Waals surface area contributed by atoms with Crippen molar-refractivity contribution in [1.29, 1.82) is 5.26 Å². The van der Waals surface area contributed by atoms with Gasteiger partial charge in [-0.3, -0.25) is 4.79 Å². The SMILES string of the molecule is CC(Nc1ccc(Cl)c(C#N)n1)c1ccc(NC(=O)c2ccc(F)cc2)cc1. The summed E-state index contributed by atoms with van der Waals surface area (Å²) in [5.41, 5.74) is 2.14. The second kappa shape index (κ2) is 8.51. The maximum Gasteiger partial charge on any atom is 0.255 e. The second-order valence-electron chi connectivity index (χ2n) is 6.09. The molecule has 28 heavy (non-hydrogen) atoms. The summed E-state index contributed by atoms with van der Waals surface area (Å²) < 4.78 is 13.0. The number of amides is 1. The van der Waals surface area contributed by atoms with Crippen molar-refractivity contribution in [2.45, 2.75) is 13.0 Å². The fourth-order valence-corrected chi connectivity index (χ4v) is 2.71. The summed E-state index contributed by atoms with van der Waals surface area (Å²) in [5, 5.41) is 15.3. The Morgan fingerprint density at radius 2 is 1.79 bits per heavy atom. The highest BCUT2D eigenvalue weighted by atomic mass is 35.5. The fraction of sp³-hybridized carbons (Fsp3) is 0.0952. The van der Waals surface area contributed by atoms with Crippen molar-refractivity contribution in [3.8, 4) is 6.07 Å². The van der Waals surface area contributed by atoms with Crippen molar-refractivity contribution < 1.29 is 9.18 Å². The number of nitrogens with one attached hydrogen (secondary N) is 2. The van der Waals surface area contributed by atoms with E-state index in [1.807, 2.05) is 25.1 Å². The zero-order chi connectivity index (χ0) is 20.1. The van der Waals surface area contributed by atoms with Gasteiger partial charge in [-0.1, -0.05) is 23.7 Å². The van der Waals surface area contributed by atoms with E-state index in [1.165, 1.54) is 24.3 Å². The van der Waals surface area contributed by atoms with E-state index in [2.05, 4.69) is 15.6 Å². The molecule has 1 unspecified atom stereocenters. The molecule has 1 aromatic heterocycles. The number of pyridine rings is 1. The van der Waals surface area contributed by atoms with Gasteiger partial charge in [0.1, 0.15) is 17.7 Å². The van der Waals surface area contributed by atoms with Crippen molar-refractivity contribution in [3.63, 3.8) is 0 Å². The van der Waals surface area contributed by atoms with Crippen LogP contribution in [0.15, 0.2) is 60.7 Å². The van der Waals surface area contributed by atoms with E-state index in [9.17, 15) is 9.18 Å². The van der Waals surface area contributed by atoms with E-state index in [1.54, 1.807) is 24.3 Å². The molecule has 7 heteroatoms. The van der Waals surface area contributed by atoms with E-state index in [0.29, 0.717) is 22.1 Å². The first-order valence-electron chi connectivity index (χ1n) is 8.46. The molecule has 0 saturated carbocycles. The smallest absolute Gasteiger partial charge is 0.255 e. The van der Waals surface area contributed by atoms with Crippen molar-refractivity contribution in [3.05, 3.63) is 88.3 Å². The summed E-state index contributed by atoms with van der Waals surface area (Å²) in [5.74, 6) is -0.157. The molecule has 0 fully saturated rings. The number of nitrogens with zero attached hydrogens (tertiary/aromatic N) is 2. The lowest BCUT2D eigenvalue weighted by atomic mass is 10.1. The van der Waals surface area contributed by atoms with Gasteiger partial charge in [0, 0.05) is 17.3 Å². The van der Waals surface area contributed by atoms with Gasteiger partial charge in [-0.05, 0) is 61.0 Å². The first kappa shape index (κ1) is 19.3. The molecule has 1 heterocycles. The number of benzene rings is 2. The molecule has 0 radical (unpaired) electrons. The lowest BCUT2D eigenvalue weighted by Crippen LogP contribution is -2.12. The summed E-state index contributed by atoms with van der Waals surface area (Å²) in [7, 11) is 0. The number of carbonyl (C=O) groups excluding carboxylic acids is 1. The summed E-state index contributed by atoms with van der Waals surface area (Å²) in [6, 6.07) is 17.9. The summed E-state index contributed by atoms with van der Waals surface area (Å²) in [6.45, 7) is 1.95. The van der Waals surface area contributed by atoms with Crippen molar-refractivity contribution in [1.82, 2.24) is 4.98 Å². The molecular weight excluding hydrogens is 379 g/mol. The zero-order valence-electron chi connectivity index (χ0n) is 14.9. The predicted octanol–water partition coefficient (Wildman–Crippen LogP) is 5.17. The van der Waals surface area contributed by atoms with Gasteiger partial charge in [0.05, 0.1) is 5.02 Å². The van der Waals surface area contributed by atoms with Gasteiger partial charge in [-0.25, -0.2) is 9.37 Å². The number of aromatic nitrogens is 1. The maximum absolute atomic E-state index is 13.0. The highest BCUT2D eigenvalue weighted by molar-refractivity contribution is 6.31. The Morgan fingerprint density at radius 1 is 1.11 bits per heavy atom. The van der Waals surface area contributed by atoms with Gasteiger partial charge in [0.25, 0.3) is 5.91 Å². The number of rotatable bonds is 5. The number of nitriles is 1. The Labute approximate surface area is 166 Å². The zero-order valence-corrected chi connectivity index (χ0v) is 15.7. The summed E-state index contributed by atoms with van der Waals surface area (Å²) >= 11 is 5.89. The molecule has 0 aliphatic carbocycles. The number of hydrogen-bond donors (Lipinski definition) is 2.